The van der Waals surface area contributed by atoms with Gasteiger partial charge in [-0.05, 0) is 30.0 Å². The van der Waals surface area contributed by atoms with Crippen LogP contribution in [0, 0.1) is 6.92 Å². The van der Waals surface area contributed by atoms with Gasteiger partial charge >= 0.3 is 5.63 Å². The molecule has 0 radical (unpaired) electrons. The molecule has 0 fully saturated rings. The van der Waals surface area contributed by atoms with Crippen molar-refractivity contribution in [2.24, 2.45) is 0 Å². The molecule has 1 N–H and O–H groups in total. The predicted molar refractivity (Wildman–Crippen MR) is 106 cm³/mol. The first-order valence-electron chi connectivity index (χ1n) is 8.47. The number of aryl methyl sites for hydroxylation is 1. The Morgan fingerprint density at radius 2 is 1.73 bits per heavy atom. The zero-order valence-corrected chi connectivity index (χ0v) is 16.2. The van der Waals surface area contributed by atoms with E-state index >= 15 is 0 Å². The van der Waals surface area contributed by atoms with E-state index in [0.717, 1.165) is 21.6 Å². The summed E-state index contributed by atoms with van der Waals surface area (Å²) >= 11 is 1.25. The normalized spacial score (nSPS) is 11.5. The van der Waals surface area contributed by atoms with E-state index in [0.29, 0.717) is 5.76 Å². The molecule has 26 heavy (non-hydrogen) atoms. The lowest BCUT2D eigenvalue weighted by Crippen LogP contribution is -2.12. The van der Waals surface area contributed by atoms with Crippen molar-refractivity contribution in [3.05, 3.63) is 76.1 Å². The van der Waals surface area contributed by atoms with E-state index in [1.165, 1.54) is 17.8 Å². The van der Waals surface area contributed by atoms with E-state index < -0.39 is 5.63 Å². The maximum Gasteiger partial charge on any atom is 0.354 e. The zero-order valence-electron chi connectivity index (χ0n) is 15.4. The van der Waals surface area contributed by atoms with Gasteiger partial charge in [-0.1, -0.05) is 74.5 Å². The molecule has 3 aromatic rings. The minimum Gasteiger partial charge on any atom is -0.506 e. The maximum atomic E-state index is 12.5. The van der Waals surface area contributed by atoms with Crippen molar-refractivity contribution in [1.29, 1.82) is 0 Å². The quantitative estimate of drug-likeness (QED) is 0.639. The maximum absolute atomic E-state index is 12.5. The lowest BCUT2D eigenvalue weighted by Gasteiger charge is -2.22. The molecule has 0 aliphatic rings. The van der Waals surface area contributed by atoms with Crippen molar-refractivity contribution in [2.75, 3.05) is 0 Å². The fourth-order valence-electron chi connectivity index (χ4n) is 2.79. The van der Waals surface area contributed by atoms with Gasteiger partial charge in [0.15, 0.2) is 0 Å². The van der Waals surface area contributed by atoms with E-state index in [4.69, 9.17) is 4.42 Å². The molecule has 0 saturated heterocycles. The van der Waals surface area contributed by atoms with E-state index in [9.17, 15) is 9.90 Å². The fourth-order valence-corrected chi connectivity index (χ4v) is 3.93. The van der Waals surface area contributed by atoms with Gasteiger partial charge in [-0.2, -0.15) is 0 Å². The predicted octanol–water partition coefficient (Wildman–Crippen LogP) is 5.77. The smallest absolute Gasteiger partial charge is 0.354 e. The summed E-state index contributed by atoms with van der Waals surface area (Å²) in [5, 5.41) is 10.5. The first-order valence-corrected chi connectivity index (χ1v) is 9.29. The van der Waals surface area contributed by atoms with Gasteiger partial charge in [0.1, 0.15) is 16.4 Å². The summed E-state index contributed by atoms with van der Waals surface area (Å²) in [5.74, 6) is 0.302. The molecule has 0 atom stereocenters. The summed E-state index contributed by atoms with van der Waals surface area (Å²) in [6.45, 7) is 8.33. The molecule has 0 unspecified atom stereocenters. The van der Waals surface area contributed by atoms with Crippen molar-refractivity contribution in [2.45, 2.75) is 42.9 Å². The molecule has 3 nitrogen and oxygen atoms in total. The SMILES string of the molecule is Cc1cccc(-c2cc(O)c(Sc3ccccc3C(C)(C)C)c(=O)o2)c1. The Kier molecular flexibility index (Phi) is 4.97. The first-order chi connectivity index (χ1) is 12.3. The summed E-state index contributed by atoms with van der Waals surface area (Å²) in [6.07, 6.45) is 0. The summed E-state index contributed by atoms with van der Waals surface area (Å²) < 4.78 is 5.49. The van der Waals surface area contributed by atoms with Gasteiger partial charge in [-0.25, -0.2) is 4.79 Å². The van der Waals surface area contributed by atoms with Crippen LogP contribution >= 0.6 is 11.8 Å². The van der Waals surface area contributed by atoms with Crippen LogP contribution < -0.4 is 5.63 Å². The van der Waals surface area contributed by atoms with Crippen LogP contribution in [-0.4, -0.2) is 5.11 Å². The molecule has 1 heterocycles. The molecule has 0 aliphatic heterocycles. The largest absolute Gasteiger partial charge is 0.506 e. The van der Waals surface area contributed by atoms with Crippen LogP contribution in [-0.2, 0) is 5.41 Å². The second-order valence-electron chi connectivity index (χ2n) is 7.33. The number of hydrogen-bond acceptors (Lipinski definition) is 4. The molecule has 2 aromatic carbocycles. The Morgan fingerprint density at radius 3 is 2.38 bits per heavy atom. The van der Waals surface area contributed by atoms with Crippen LogP contribution in [0.4, 0.5) is 0 Å². The monoisotopic (exact) mass is 366 g/mol. The van der Waals surface area contributed by atoms with Gasteiger partial charge in [-0.15, -0.1) is 0 Å². The lowest BCUT2D eigenvalue weighted by atomic mass is 9.87. The first kappa shape index (κ1) is 18.3. The Bertz CT molecular complexity index is 997. The highest BCUT2D eigenvalue weighted by Gasteiger charge is 2.21. The third-order valence-corrected chi connectivity index (χ3v) is 5.25. The molecule has 134 valence electrons. The minimum atomic E-state index is -0.532. The Balaban J connectivity index is 2.03. The highest BCUT2D eigenvalue weighted by molar-refractivity contribution is 7.99. The summed E-state index contributed by atoms with van der Waals surface area (Å²) in [6, 6.07) is 17.1. The van der Waals surface area contributed by atoms with Crippen LogP contribution in [0.3, 0.4) is 0 Å². The van der Waals surface area contributed by atoms with Gasteiger partial charge in [0, 0.05) is 16.5 Å². The van der Waals surface area contributed by atoms with Gasteiger partial charge in [0.05, 0.1) is 0 Å². The molecule has 1 aromatic heterocycles. The van der Waals surface area contributed by atoms with Crippen molar-refractivity contribution in [3.63, 3.8) is 0 Å². The molecule has 0 amide bonds. The standard InChI is InChI=1S/C22H22O3S/c1-14-8-7-9-15(12-14)18-13-17(23)20(21(24)25-18)26-19-11-6-5-10-16(19)22(2,3)4/h5-13,23H,1-4H3. The Morgan fingerprint density at radius 1 is 1.00 bits per heavy atom. The molecule has 3 rings (SSSR count). The third kappa shape index (κ3) is 3.86. The van der Waals surface area contributed by atoms with Gasteiger partial charge < -0.3 is 9.52 Å². The van der Waals surface area contributed by atoms with Crippen LogP contribution in [0.25, 0.3) is 11.3 Å². The molecular formula is C22H22O3S. The summed E-state index contributed by atoms with van der Waals surface area (Å²) in [4.78, 5) is 13.7. The highest BCUT2D eigenvalue weighted by atomic mass is 32.2. The van der Waals surface area contributed by atoms with Crippen molar-refractivity contribution < 1.29 is 9.52 Å². The molecular weight excluding hydrogens is 344 g/mol. The average Bonchev–Trinajstić information content (AvgIpc) is 2.57. The number of benzene rings is 2. The number of aromatic hydroxyl groups is 1. The van der Waals surface area contributed by atoms with Crippen molar-refractivity contribution >= 4 is 11.8 Å². The van der Waals surface area contributed by atoms with Crippen LogP contribution in [0.1, 0.15) is 31.9 Å². The van der Waals surface area contributed by atoms with Crippen molar-refractivity contribution in [1.82, 2.24) is 0 Å². The van der Waals surface area contributed by atoms with E-state index in [2.05, 4.69) is 20.8 Å². The zero-order chi connectivity index (χ0) is 18.9. The van der Waals surface area contributed by atoms with Gasteiger partial charge in [0.2, 0.25) is 0 Å². The molecule has 0 bridgehead atoms. The topological polar surface area (TPSA) is 50.4 Å². The third-order valence-electron chi connectivity index (χ3n) is 4.10. The Hall–Kier alpha value is -2.46. The van der Waals surface area contributed by atoms with Gasteiger partial charge in [-0.3, -0.25) is 0 Å². The van der Waals surface area contributed by atoms with E-state index in [1.807, 2.05) is 55.5 Å². The second-order valence-corrected chi connectivity index (χ2v) is 8.38. The minimum absolute atomic E-state index is 0.0635. The van der Waals surface area contributed by atoms with Crippen molar-refractivity contribution in [3.8, 4) is 17.1 Å². The van der Waals surface area contributed by atoms with Crippen LogP contribution in [0.5, 0.6) is 5.75 Å². The number of hydrogen-bond donors (Lipinski definition) is 1. The highest BCUT2D eigenvalue weighted by Crippen LogP contribution is 2.39. The molecule has 0 spiro atoms. The van der Waals surface area contributed by atoms with Crippen LogP contribution in [0.2, 0.25) is 0 Å². The molecule has 0 aliphatic carbocycles. The summed E-state index contributed by atoms with van der Waals surface area (Å²) in [7, 11) is 0. The molecule has 4 heteroatoms. The second kappa shape index (κ2) is 7.04. The average molecular weight is 366 g/mol. The number of rotatable bonds is 3. The van der Waals surface area contributed by atoms with Gasteiger partial charge in [0.25, 0.3) is 0 Å². The van der Waals surface area contributed by atoms with E-state index in [1.54, 1.807) is 0 Å². The summed E-state index contributed by atoms with van der Waals surface area (Å²) in [5.41, 5.74) is 2.34. The fraction of sp³-hybridized carbons (Fsp3) is 0.227. The van der Waals surface area contributed by atoms with E-state index in [-0.39, 0.29) is 16.1 Å². The lowest BCUT2D eigenvalue weighted by molar-refractivity contribution is 0.430. The molecule has 0 saturated carbocycles. The Labute approximate surface area is 157 Å². The van der Waals surface area contributed by atoms with Crippen LogP contribution in [0.15, 0.2) is 73.6 Å².